The lowest BCUT2D eigenvalue weighted by atomic mass is 9.86. The van der Waals surface area contributed by atoms with Crippen molar-refractivity contribution >= 4 is 61.5 Å². The van der Waals surface area contributed by atoms with E-state index in [0.29, 0.717) is 5.92 Å². The summed E-state index contributed by atoms with van der Waals surface area (Å²) in [6, 6.07) is 40.2. The van der Waals surface area contributed by atoms with Gasteiger partial charge in [-0.1, -0.05) is 91.1 Å². The number of hydrogen-bond acceptors (Lipinski definition) is 1. The van der Waals surface area contributed by atoms with Gasteiger partial charge in [0.1, 0.15) is 11.2 Å². The lowest BCUT2D eigenvalue weighted by molar-refractivity contribution is 0.669. The summed E-state index contributed by atoms with van der Waals surface area (Å²) in [5, 5.41) is 4.99. The van der Waals surface area contributed by atoms with Crippen LogP contribution >= 0.6 is 0 Å². The Balaban J connectivity index is 0.993. The van der Waals surface area contributed by atoms with Crippen molar-refractivity contribution in [2.45, 2.75) is 38.0 Å². The summed E-state index contributed by atoms with van der Waals surface area (Å²) in [6.07, 6.45) is 21.8. The first-order valence-electron chi connectivity index (χ1n) is 18.3. The van der Waals surface area contributed by atoms with Crippen LogP contribution in [0, 0.1) is 0 Å². The SMILES string of the molecule is C1=CC(c2ccc(-n3c4c(c5cc(C6C=Cc7c(c8ccccc8n7-c7ccc8oc9ccccc9c8c7)C6)ccc53)C=CCC4)cc2)=CCC1. The molecule has 3 aliphatic rings. The second-order valence-electron chi connectivity index (χ2n) is 14.3. The molecule has 5 aromatic carbocycles. The fourth-order valence-corrected chi connectivity index (χ4v) is 8.97. The number of furan rings is 1. The van der Waals surface area contributed by atoms with Gasteiger partial charge in [0, 0.05) is 55.8 Å². The van der Waals surface area contributed by atoms with Crippen LogP contribution in [0.4, 0.5) is 0 Å². The van der Waals surface area contributed by atoms with E-state index in [1.165, 1.54) is 66.7 Å². The van der Waals surface area contributed by atoms with Crippen molar-refractivity contribution in [1.82, 2.24) is 9.13 Å². The first kappa shape index (κ1) is 28.7. The minimum atomic E-state index is 0.295. The molecule has 0 amide bonds. The summed E-state index contributed by atoms with van der Waals surface area (Å²) in [4.78, 5) is 0. The summed E-state index contributed by atoms with van der Waals surface area (Å²) < 4.78 is 11.1. The molecule has 11 rings (SSSR count). The normalized spacial score (nSPS) is 16.7. The molecular formula is C48H36N2O. The number of allylic oxidation sites excluding steroid dienone is 6. The van der Waals surface area contributed by atoms with Crippen LogP contribution in [0.1, 0.15) is 58.8 Å². The summed E-state index contributed by atoms with van der Waals surface area (Å²) >= 11 is 0. The second kappa shape index (κ2) is 11.2. The number of rotatable bonds is 4. The van der Waals surface area contributed by atoms with Crippen molar-refractivity contribution < 1.29 is 4.42 Å². The maximum absolute atomic E-state index is 6.17. The zero-order valence-corrected chi connectivity index (χ0v) is 28.3. The van der Waals surface area contributed by atoms with Gasteiger partial charge in [-0.25, -0.2) is 0 Å². The van der Waals surface area contributed by atoms with E-state index in [1.807, 2.05) is 12.1 Å². The molecule has 3 nitrogen and oxygen atoms in total. The topological polar surface area (TPSA) is 23.0 Å². The highest BCUT2D eigenvalue weighted by atomic mass is 16.3. The van der Waals surface area contributed by atoms with Crippen LogP contribution in [0.25, 0.3) is 72.8 Å². The fourth-order valence-electron chi connectivity index (χ4n) is 8.97. The van der Waals surface area contributed by atoms with Crippen molar-refractivity contribution in [1.29, 1.82) is 0 Å². The molecular weight excluding hydrogens is 621 g/mol. The molecule has 0 bridgehead atoms. The van der Waals surface area contributed by atoms with E-state index >= 15 is 0 Å². The molecule has 0 fully saturated rings. The highest BCUT2D eigenvalue weighted by molar-refractivity contribution is 6.06. The molecule has 51 heavy (non-hydrogen) atoms. The minimum absolute atomic E-state index is 0.295. The third-order valence-electron chi connectivity index (χ3n) is 11.4. The van der Waals surface area contributed by atoms with Crippen LogP contribution < -0.4 is 0 Å². The van der Waals surface area contributed by atoms with Crippen LogP contribution in [0.5, 0.6) is 0 Å². The van der Waals surface area contributed by atoms with E-state index in [-0.39, 0.29) is 0 Å². The predicted molar refractivity (Wildman–Crippen MR) is 213 cm³/mol. The molecule has 244 valence electrons. The Morgan fingerprint density at radius 3 is 2.29 bits per heavy atom. The highest BCUT2D eigenvalue weighted by Crippen LogP contribution is 2.42. The smallest absolute Gasteiger partial charge is 0.135 e. The lowest BCUT2D eigenvalue weighted by Gasteiger charge is -2.20. The molecule has 1 atom stereocenters. The fraction of sp³-hybridized carbons (Fsp3) is 0.125. The monoisotopic (exact) mass is 656 g/mol. The van der Waals surface area contributed by atoms with Gasteiger partial charge in [0.05, 0.1) is 11.0 Å². The number of fused-ring (bicyclic) bond motifs is 9. The van der Waals surface area contributed by atoms with Crippen LogP contribution in [0.2, 0.25) is 0 Å². The van der Waals surface area contributed by atoms with Gasteiger partial charge in [0.15, 0.2) is 0 Å². The average molecular weight is 657 g/mol. The van der Waals surface area contributed by atoms with Crippen LogP contribution in [-0.2, 0) is 12.8 Å². The Bertz CT molecular complexity index is 2830. The zero-order chi connectivity index (χ0) is 33.5. The zero-order valence-electron chi connectivity index (χ0n) is 28.3. The quantitative estimate of drug-likeness (QED) is 0.185. The Kier molecular flexibility index (Phi) is 6.33. The molecule has 0 aliphatic heterocycles. The third kappa shape index (κ3) is 4.44. The van der Waals surface area contributed by atoms with Crippen molar-refractivity contribution in [2.75, 3.05) is 0 Å². The first-order valence-corrected chi connectivity index (χ1v) is 18.3. The molecule has 0 spiro atoms. The molecule has 0 N–H and O–H groups in total. The lowest BCUT2D eigenvalue weighted by Crippen LogP contribution is -2.07. The number of benzene rings is 5. The Morgan fingerprint density at radius 1 is 0.588 bits per heavy atom. The maximum Gasteiger partial charge on any atom is 0.135 e. The molecule has 3 aromatic heterocycles. The van der Waals surface area contributed by atoms with Crippen molar-refractivity contribution in [3.05, 3.63) is 173 Å². The third-order valence-corrected chi connectivity index (χ3v) is 11.4. The largest absolute Gasteiger partial charge is 0.456 e. The molecule has 1 unspecified atom stereocenters. The van der Waals surface area contributed by atoms with Crippen LogP contribution in [-0.4, -0.2) is 9.13 Å². The highest BCUT2D eigenvalue weighted by Gasteiger charge is 2.26. The number of aromatic nitrogens is 2. The van der Waals surface area contributed by atoms with Gasteiger partial charge in [-0.15, -0.1) is 0 Å². The van der Waals surface area contributed by atoms with Gasteiger partial charge in [-0.05, 0) is 115 Å². The number of para-hydroxylation sites is 2. The molecule has 0 saturated heterocycles. The van der Waals surface area contributed by atoms with E-state index in [1.54, 1.807) is 0 Å². The first-order chi connectivity index (χ1) is 25.3. The van der Waals surface area contributed by atoms with Gasteiger partial charge in [-0.3, -0.25) is 0 Å². The van der Waals surface area contributed by atoms with Gasteiger partial charge in [0.2, 0.25) is 0 Å². The summed E-state index contributed by atoms with van der Waals surface area (Å²) in [7, 11) is 0. The number of hydrogen-bond donors (Lipinski definition) is 0. The van der Waals surface area contributed by atoms with E-state index in [2.05, 4.69) is 149 Å². The molecule has 3 heterocycles. The molecule has 8 aromatic rings. The van der Waals surface area contributed by atoms with Gasteiger partial charge in [0.25, 0.3) is 0 Å². The van der Waals surface area contributed by atoms with Crippen molar-refractivity contribution in [2.24, 2.45) is 0 Å². The van der Waals surface area contributed by atoms with Crippen molar-refractivity contribution in [3.63, 3.8) is 0 Å². The summed E-state index contributed by atoms with van der Waals surface area (Å²) in [5.74, 6) is 0.295. The Labute approximate surface area is 296 Å². The molecule has 3 heteroatoms. The van der Waals surface area contributed by atoms with E-state index in [0.717, 1.165) is 59.7 Å². The minimum Gasteiger partial charge on any atom is -0.456 e. The average Bonchev–Trinajstić information content (AvgIpc) is 3.85. The molecule has 0 radical (unpaired) electrons. The van der Waals surface area contributed by atoms with E-state index in [9.17, 15) is 0 Å². The summed E-state index contributed by atoms with van der Waals surface area (Å²) in [6.45, 7) is 0. The van der Waals surface area contributed by atoms with E-state index in [4.69, 9.17) is 4.42 Å². The molecule has 0 saturated carbocycles. The van der Waals surface area contributed by atoms with Gasteiger partial charge in [-0.2, -0.15) is 0 Å². The predicted octanol–water partition coefficient (Wildman–Crippen LogP) is 12.5. The second-order valence-corrected chi connectivity index (χ2v) is 14.3. The van der Waals surface area contributed by atoms with Gasteiger partial charge < -0.3 is 13.6 Å². The van der Waals surface area contributed by atoms with Gasteiger partial charge >= 0.3 is 0 Å². The Hall–Kier alpha value is -6.06. The van der Waals surface area contributed by atoms with E-state index < -0.39 is 0 Å². The number of nitrogens with zero attached hydrogens (tertiary/aromatic N) is 2. The molecule has 3 aliphatic carbocycles. The standard InChI is InChI=1S/C48H36N2O/c1-2-10-31(11-3-1)32-18-22-35(23-19-32)49-43-15-7-4-12-37(43)40-28-33(20-25-45(40)49)34-21-26-46-41(29-34)38-13-5-8-16-44(38)50(46)36-24-27-48-42(30-36)39-14-6-9-17-47(39)51-48/h2,4-6,8-14,16-28,30,34H,1,3,7,15,29H2. The van der Waals surface area contributed by atoms with Crippen molar-refractivity contribution in [3.8, 4) is 11.4 Å². The van der Waals surface area contributed by atoms with Crippen LogP contribution in [0.3, 0.4) is 0 Å². The van der Waals surface area contributed by atoms with Crippen LogP contribution in [0.15, 0.2) is 144 Å². The summed E-state index contributed by atoms with van der Waals surface area (Å²) in [5.41, 5.74) is 16.3. The maximum atomic E-state index is 6.17. The Morgan fingerprint density at radius 2 is 1.39 bits per heavy atom.